The molecule has 1 aliphatic heterocycles. The van der Waals surface area contributed by atoms with Gasteiger partial charge in [-0.25, -0.2) is 13.8 Å². The van der Waals surface area contributed by atoms with Crippen LogP contribution in [0.4, 0.5) is 14.6 Å². The maximum absolute atomic E-state index is 13.6. The van der Waals surface area contributed by atoms with Crippen LogP contribution in [-0.4, -0.2) is 42.6 Å². The highest BCUT2D eigenvalue weighted by atomic mass is 32.1. The summed E-state index contributed by atoms with van der Waals surface area (Å²) in [5.74, 6) is -0.147. The Morgan fingerprint density at radius 3 is 2.64 bits per heavy atom. The van der Waals surface area contributed by atoms with Gasteiger partial charge in [-0.3, -0.25) is 9.59 Å². The van der Waals surface area contributed by atoms with Crippen LogP contribution in [0.5, 0.6) is 0 Å². The van der Waals surface area contributed by atoms with E-state index < -0.39 is 12.0 Å². The minimum absolute atomic E-state index is 0.0863. The maximum Gasteiger partial charge on any atom is 0.306 e. The first-order valence-corrected chi connectivity index (χ1v) is 9.86. The summed E-state index contributed by atoms with van der Waals surface area (Å²) in [6, 6.07) is 1.38. The molecule has 0 radical (unpaired) electrons. The van der Waals surface area contributed by atoms with Crippen molar-refractivity contribution in [3.05, 3.63) is 22.6 Å². The fraction of sp³-hybridized carbons (Fsp3) is 0.526. The number of esters is 1. The first-order chi connectivity index (χ1) is 13.1. The molecule has 2 aromatic heterocycles. The van der Waals surface area contributed by atoms with Crippen LogP contribution in [0.1, 0.15) is 49.5 Å². The smallest absolute Gasteiger partial charge is 0.306 e. The summed E-state index contributed by atoms with van der Waals surface area (Å²) in [5, 5.41) is 4.06. The van der Waals surface area contributed by atoms with Gasteiger partial charge in [0.15, 0.2) is 0 Å². The Balaban J connectivity index is 1.79. The SMILES string of the molecule is CNC(=O)c1csc2c(C(F)F)cc(N3CC(CC(=O)OC(C)(C)C)C3)nc12. The van der Waals surface area contributed by atoms with Crippen molar-refractivity contribution in [3.8, 4) is 0 Å². The van der Waals surface area contributed by atoms with Crippen LogP contribution < -0.4 is 10.2 Å². The van der Waals surface area contributed by atoms with Crippen LogP contribution >= 0.6 is 11.3 Å². The number of alkyl halides is 2. The summed E-state index contributed by atoms with van der Waals surface area (Å²) >= 11 is 1.09. The van der Waals surface area contributed by atoms with Gasteiger partial charge in [-0.15, -0.1) is 11.3 Å². The second-order valence-electron chi connectivity index (χ2n) is 7.84. The molecule has 9 heteroatoms. The van der Waals surface area contributed by atoms with Crippen molar-refractivity contribution >= 4 is 39.2 Å². The number of nitrogens with one attached hydrogen (secondary N) is 1. The molecule has 0 atom stereocenters. The van der Waals surface area contributed by atoms with Gasteiger partial charge in [-0.1, -0.05) is 0 Å². The molecule has 3 rings (SSSR count). The number of amides is 1. The van der Waals surface area contributed by atoms with Gasteiger partial charge in [0, 0.05) is 37.0 Å². The van der Waals surface area contributed by atoms with Crippen molar-refractivity contribution in [1.82, 2.24) is 10.3 Å². The number of hydrogen-bond acceptors (Lipinski definition) is 6. The Labute approximate surface area is 165 Å². The molecular formula is C19H23F2N3O3S. The Hall–Kier alpha value is -2.29. The van der Waals surface area contributed by atoms with Crippen LogP contribution in [0, 0.1) is 5.92 Å². The molecule has 0 aromatic carbocycles. The van der Waals surface area contributed by atoms with E-state index in [1.807, 2.05) is 25.7 Å². The van der Waals surface area contributed by atoms with E-state index in [0.29, 0.717) is 23.6 Å². The van der Waals surface area contributed by atoms with Gasteiger partial charge >= 0.3 is 5.97 Å². The van der Waals surface area contributed by atoms with E-state index in [9.17, 15) is 18.4 Å². The number of pyridine rings is 1. The van der Waals surface area contributed by atoms with Crippen LogP contribution in [-0.2, 0) is 9.53 Å². The lowest BCUT2D eigenvalue weighted by molar-refractivity contribution is -0.156. The largest absolute Gasteiger partial charge is 0.460 e. The summed E-state index contributed by atoms with van der Waals surface area (Å²) in [4.78, 5) is 30.3. The number of ether oxygens (including phenoxy) is 1. The van der Waals surface area contributed by atoms with Gasteiger partial charge in [0.2, 0.25) is 0 Å². The third kappa shape index (κ3) is 4.24. The van der Waals surface area contributed by atoms with Crippen LogP contribution in [0.2, 0.25) is 0 Å². The summed E-state index contributed by atoms with van der Waals surface area (Å²) in [6.07, 6.45) is -2.39. The van der Waals surface area contributed by atoms with Crippen LogP contribution in [0.3, 0.4) is 0 Å². The molecule has 1 saturated heterocycles. The zero-order valence-electron chi connectivity index (χ0n) is 16.2. The fourth-order valence-electron chi connectivity index (χ4n) is 3.14. The normalized spacial score (nSPS) is 15.0. The number of anilines is 1. The number of carbonyl (C=O) groups is 2. The molecule has 0 spiro atoms. The Kier molecular flexibility index (Phi) is 5.56. The van der Waals surface area contributed by atoms with E-state index in [2.05, 4.69) is 10.3 Å². The third-order valence-corrected chi connectivity index (χ3v) is 5.42. The number of halogens is 2. The second-order valence-corrected chi connectivity index (χ2v) is 8.72. The molecule has 0 aliphatic carbocycles. The number of aromatic nitrogens is 1. The monoisotopic (exact) mass is 411 g/mol. The predicted octanol–water partition coefficient (Wildman–Crippen LogP) is 3.76. The molecule has 0 bridgehead atoms. The molecule has 1 amide bonds. The van der Waals surface area contributed by atoms with Gasteiger partial charge in [-0.2, -0.15) is 0 Å². The Morgan fingerprint density at radius 1 is 1.39 bits per heavy atom. The third-order valence-electron chi connectivity index (χ3n) is 4.40. The zero-order valence-corrected chi connectivity index (χ0v) is 17.0. The maximum atomic E-state index is 13.6. The molecule has 1 aliphatic rings. The molecule has 2 aromatic rings. The molecule has 6 nitrogen and oxygen atoms in total. The number of carbonyl (C=O) groups excluding carboxylic acids is 2. The van der Waals surface area contributed by atoms with Crippen molar-refractivity contribution in [2.45, 2.75) is 39.2 Å². The summed E-state index contributed by atoms with van der Waals surface area (Å²) in [6.45, 7) is 6.50. The highest BCUT2D eigenvalue weighted by molar-refractivity contribution is 7.17. The van der Waals surface area contributed by atoms with Crippen molar-refractivity contribution in [1.29, 1.82) is 0 Å². The van der Waals surface area contributed by atoms with Crippen LogP contribution in [0.15, 0.2) is 11.4 Å². The first kappa shape index (κ1) is 20.4. The zero-order chi connectivity index (χ0) is 20.6. The van der Waals surface area contributed by atoms with Gasteiger partial charge in [0.05, 0.1) is 22.2 Å². The molecule has 28 heavy (non-hydrogen) atoms. The van der Waals surface area contributed by atoms with Crippen molar-refractivity contribution in [2.24, 2.45) is 5.92 Å². The minimum Gasteiger partial charge on any atom is -0.460 e. The molecule has 1 fully saturated rings. The summed E-state index contributed by atoms with van der Waals surface area (Å²) in [7, 11) is 1.49. The molecular weight excluding hydrogens is 388 g/mol. The topological polar surface area (TPSA) is 71.5 Å². The van der Waals surface area contributed by atoms with Crippen LogP contribution in [0.25, 0.3) is 10.2 Å². The molecule has 3 heterocycles. The number of hydrogen-bond donors (Lipinski definition) is 1. The highest BCUT2D eigenvalue weighted by Crippen LogP contribution is 2.37. The van der Waals surface area contributed by atoms with Crippen molar-refractivity contribution in [2.75, 3.05) is 25.0 Å². The van der Waals surface area contributed by atoms with E-state index >= 15 is 0 Å². The number of thiophene rings is 1. The molecule has 0 unspecified atom stereocenters. The van der Waals surface area contributed by atoms with E-state index in [0.717, 1.165) is 11.3 Å². The Bertz CT molecular complexity index is 902. The summed E-state index contributed by atoms with van der Waals surface area (Å²) < 4.78 is 32.8. The predicted molar refractivity (Wildman–Crippen MR) is 104 cm³/mol. The van der Waals surface area contributed by atoms with E-state index in [1.165, 1.54) is 13.1 Å². The lowest BCUT2D eigenvalue weighted by Gasteiger charge is -2.40. The summed E-state index contributed by atoms with van der Waals surface area (Å²) in [5.41, 5.74) is -0.0883. The Morgan fingerprint density at radius 2 is 2.07 bits per heavy atom. The molecule has 0 saturated carbocycles. The first-order valence-electron chi connectivity index (χ1n) is 8.98. The molecule has 1 N–H and O–H groups in total. The van der Waals surface area contributed by atoms with Gasteiger partial charge in [0.25, 0.3) is 12.3 Å². The average Bonchev–Trinajstić information content (AvgIpc) is 2.98. The van der Waals surface area contributed by atoms with E-state index in [-0.39, 0.29) is 40.9 Å². The van der Waals surface area contributed by atoms with Gasteiger partial charge in [0.1, 0.15) is 11.4 Å². The number of rotatable bonds is 5. The quantitative estimate of drug-likeness (QED) is 0.759. The van der Waals surface area contributed by atoms with E-state index in [1.54, 1.807) is 5.38 Å². The number of fused-ring (bicyclic) bond motifs is 1. The average molecular weight is 411 g/mol. The second kappa shape index (κ2) is 7.62. The minimum atomic E-state index is -2.67. The standard InChI is InChI=1S/C19H23F2N3O3S/c1-19(2,3)27-14(25)5-10-7-24(8-10)13-6-11(17(20)21)16-15(23-13)12(9-28-16)18(26)22-4/h6,9-10,17H,5,7-8H2,1-4H3,(H,22,26). The van der Waals surface area contributed by atoms with Crippen molar-refractivity contribution < 1.29 is 23.1 Å². The van der Waals surface area contributed by atoms with Gasteiger partial charge in [-0.05, 0) is 26.8 Å². The highest BCUT2D eigenvalue weighted by Gasteiger charge is 2.32. The van der Waals surface area contributed by atoms with Gasteiger partial charge < -0.3 is 15.0 Å². The fourth-order valence-corrected chi connectivity index (χ4v) is 4.15. The molecule has 152 valence electrons. The number of nitrogens with zero attached hydrogens (tertiary/aromatic N) is 2. The van der Waals surface area contributed by atoms with E-state index in [4.69, 9.17) is 4.74 Å². The lowest BCUT2D eigenvalue weighted by atomic mass is 9.96. The van der Waals surface area contributed by atoms with Crippen molar-refractivity contribution in [3.63, 3.8) is 0 Å². The lowest BCUT2D eigenvalue weighted by Crippen LogP contribution is -2.48.